The molecule has 0 aliphatic heterocycles. The number of carbonyl (C=O) groups excluding carboxylic acids is 2. The summed E-state index contributed by atoms with van der Waals surface area (Å²) in [6.45, 7) is 7.13. The number of anilines is 1. The van der Waals surface area contributed by atoms with Gasteiger partial charge in [0.1, 0.15) is 0 Å². The van der Waals surface area contributed by atoms with Crippen molar-refractivity contribution in [2.75, 3.05) is 25.0 Å². The molecule has 0 saturated carbocycles. The Hall–Kier alpha value is -1.88. The number of rotatable bonds is 7. The first-order valence-corrected chi connectivity index (χ1v) is 6.95. The van der Waals surface area contributed by atoms with Gasteiger partial charge in [-0.3, -0.25) is 14.9 Å². The molecule has 0 heterocycles. The number of para-hydroxylation sites is 1. The molecule has 20 heavy (non-hydrogen) atoms. The van der Waals surface area contributed by atoms with E-state index in [1.54, 1.807) is 11.8 Å². The lowest BCUT2D eigenvalue weighted by molar-refractivity contribution is -0.132. The number of likely N-dealkylation sites (N-methyl/N-ethyl adjacent to an activating group) is 1. The van der Waals surface area contributed by atoms with Crippen LogP contribution < -0.4 is 10.6 Å². The molecule has 2 N–H and O–H groups in total. The number of amides is 2. The van der Waals surface area contributed by atoms with E-state index in [4.69, 9.17) is 0 Å². The van der Waals surface area contributed by atoms with Gasteiger partial charge in [-0.25, -0.2) is 0 Å². The molecule has 1 unspecified atom stereocenters. The van der Waals surface area contributed by atoms with Crippen molar-refractivity contribution < 1.29 is 9.59 Å². The fourth-order valence-corrected chi connectivity index (χ4v) is 1.87. The Morgan fingerprint density at radius 1 is 1.15 bits per heavy atom. The van der Waals surface area contributed by atoms with E-state index in [-0.39, 0.29) is 24.4 Å². The van der Waals surface area contributed by atoms with E-state index in [0.717, 1.165) is 5.69 Å². The second-order valence-corrected chi connectivity index (χ2v) is 4.53. The van der Waals surface area contributed by atoms with Crippen LogP contribution in [0.5, 0.6) is 0 Å². The molecule has 5 heteroatoms. The van der Waals surface area contributed by atoms with Gasteiger partial charge in [0.05, 0.1) is 12.6 Å². The summed E-state index contributed by atoms with van der Waals surface area (Å²) in [6.07, 6.45) is 0. The molecule has 1 aromatic carbocycles. The molecule has 0 radical (unpaired) electrons. The monoisotopic (exact) mass is 277 g/mol. The normalized spacial score (nSPS) is 11.8. The molecule has 0 saturated heterocycles. The fourth-order valence-electron chi connectivity index (χ4n) is 1.87. The van der Waals surface area contributed by atoms with Crippen molar-refractivity contribution in [3.05, 3.63) is 30.3 Å². The number of hydrogen-bond acceptors (Lipinski definition) is 3. The zero-order valence-electron chi connectivity index (χ0n) is 12.3. The first kappa shape index (κ1) is 16.2. The maximum atomic E-state index is 12.0. The van der Waals surface area contributed by atoms with E-state index in [2.05, 4.69) is 10.6 Å². The molecular weight excluding hydrogens is 254 g/mol. The van der Waals surface area contributed by atoms with Gasteiger partial charge in [-0.15, -0.1) is 0 Å². The van der Waals surface area contributed by atoms with E-state index in [1.807, 2.05) is 44.2 Å². The van der Waals surface area contributed by atoms with Crippen LogP contribution in [0.15, 0.2) is 30.3 Å². The van der Waals surface area contributed by atoms with Crippen LogP contribution in [0.25, 0.3) is 0 Å². The summed E-state index contributed by atoms with van der Waals surface area (Å²) in [5, 5.41) is 5.72. The Kier molecular flexibility index (Phi) is 6.73. The molecule has 0 aliphatic rings. The fraction of sp³-hybridized carbons (Fsp3) is 0.467. The van der Waals surface area contributed by atoms with Gasteiger partial charge in [0.15, 0.2) is 0 Å². The Balaban J connectivity index is 2.39. The maximum Gasteiger partial charge on any atom is 0.239 e. The number of nitrogens with one attached hydrogen (secondary N) is 2. The second-order valence-electron chi connectivity index (χ2n) is 4.53. The molecule has 0 spiro atoms. The molecule has 5 nitrogen and oxygen atoms in total. The van der Waals surface area contributed by atoms with Gasteiger partial charge in [-0.2, -0.15) is 0 Å². The van der Waals surface area contributed by atoms with Crippen molar-refractivity contribution in [2.24, 2.45) is 0 Å². The zero-order valence-corrected chi connectivity index (χ0v) is 12.3. The predicted molar refractivity (Wildman–Crippen MR) is 80.5 cm³/mol. The minimum Gasteiger partial charge on any atom is -0.342 e. The molecule has 0 aromatic heterocycles. The third-order valence-electron chi connectivity index (χ3n) is 3.07. The minimum absolute atomic E-state index is 0.0162. The molecule has 0 bridgehead atoms. The predicted octanol–water partition coefficient (Wildman–Crippen LogP) is 1.47. The molecule has 0 fully saturated rings. The van der Waals surface area contributed by atoms with Crippen molar-refractivity contribution in [1.82, 2.24) is 10.2 Å². The van der Waals surface area contributed by atoms with Crippen LogP contribution in [-0.4, -0.2) is 42.4 Å². The topological polar surface area (TPSA) is 61.4 Å². The van der Waals surface area contributed by atoms with Crippen molar-refractivity contribution >= 4 is 17.5 Å². The summed E-state index contributed by atoms with van der Waals surface area (Å²) in [4.78, 5) is 25.5. The highest BCUT2D eigenvalue weighted by molar-refractivity contribution is 5.92. The maximum absolute atomic E-state index is 12.0. The third kappa shape index (κ3) is 5.01. The summed E-state index contributed by atoms with van der Waals surface area (Å²) in [5.74, 6) is -0.141. The molecule has 1 aromatic rings. The molecule has 0 aliphatic carbocycles. The van der Waals surface area contributed by atoms with Crippen molar-refractivity contribution in [3.63, 3.8) is 0 Å². The summed E-state index contributed by atoms with van der Waals surface area (Å²) >= 11 is 0. The lowest BCUT2D eigenvalue weighted by Gasteiger charge is -2.23. The van der Waals surface area contributed by atoms with Crippen LogP contribution >= 0.6 is 0 Å². The van der Waals surface area contributed by atoms with Gasteiger partial charge in [0.25, 0.3) is 0 Å². The first-order valence-electron chi connectivity index (χ1n) is 6.95. The van der Waals surface area contributed by atoms with Gasteiger partial charge >= 0.3 is 0 Å². The lowest BCUT2D eigenvalue weighted by atomic mass is 10.2. The number of benzene rings is 1. The van der Waals surface area contributed by atoms with Crippen molar-refractivity contribution in [1.29, 1.82) is 0 Å². The molecule has 2 amide bonds. The van der Waals surface area contributed by atoms with Crippen LogP contribution in [0.1, 0.15) is 20.8 Å². The first-order chi connectivity index (χ1) is 9.58. The SMILES string of the molecule is CCN(CC)C(=O)C(C)NCC(=O)Nc1ccccc1. The minimum atomic E-state index is -0.364. The highest BCUT2D eigenvalue weighted by Gasteiger charge is 2.18. The standard InChI is InChI=1S/C15H23N3O2/c1-4-18(5-2)15(20)12(3)16-11-14(19)17-13-9-7-6-8-10-13/h6-10,12,16H,4-5,11H2,1-3H3,(H,17,19). The summed E-state index contributed by atoms with van der Waals surface area (Å²) in [5.41, 5.74) is 0.752. The van der Waals surface area contributed by atoms with Gasteiger partial charge in [0, 0.05) is 18.8 Å². The van der Waals surface area contributed by atoms with E-state index in [9.17, 15) is 9.59 Å². The smallest absolute Gasteiger partial charge is 0.239 e. The number of nitrogens with zero attached hydrogens (tertiary/aromatic N) is 1. The van der Waals surface area contributed by atoms with Crippen molar-refractivity contribution in [2.45, 2.75) is 26.8 Å². The van der Waals surface area contributed by atoms with Crippen LogP contribution in [0.2, 0.25) is 0 Å². The van der Waals surface area contributed by atoms with E-state index in [0.29, 0.717) is 13.1 Å². The van der Waals surface area contributed by atoms with Gasteiger partial charge < -0.3 is 10.2 Å². The Morgan fingerprint density at radius 2 is 1.75 bits per heavy atom. The summed E-state index contributed by atoms with van der Waals surface area (Å²) < 4.78 is 0. The largest absolute Gasteiger partial charge is 0.342 e. The van der Waals surface area contributed by atoms with E-state index < -0.39 is 0 Å². The van der Waals surface area contributed by atoms with Gasteiger partial charge in [-0.05, 0) is 32.9 Å². The zero-order chi connectivity index (χ0) is 15.0. The van der Waals surface area contributed by atoms with E-state index in [1.165, 1.54) is 0 Å². The molecule has 1 rings (SSSR count). The summed E-state index contributed by atoms with van der Waals surface area (Å²) in [7, 11) is 0. The van der Waals surface area contributed by atoms with Crippen LogP contribution in [0.4, 0.5) is 5.69 Å². The second kappa shape index (κ2) is 8.32. The highest BCUT2D eigenvalue weighted by atomic mass is 16.2. The van der Waals surface area contributed by atoms with Crippen LogP contribution in [0, 0.1) is 0 Å². The third-order valence-corrected chi connectivity index (χ3v) is 3.07. The Labute approximate surface area is 120 Å². The van der Waals surface area contributed by atoms with Crippen molar-refractivity contribution in [3.8, 4) is 0 Å². The average molecular weight is 277 g/mol. The van der Waals surface area contributed by atoms with Crippen LogP contribution in [0.3, 0.4) is 0 Å². The van der Waals surface area contributed by atoms with Crippen LogP contribution in [-0.2, 0) is 9.59 Å². The molecule has 1 atom stereocenters. The lowest BCUT2D eigenvalue weighted by Crippen LogP contribution is -2.46. The quantitative estimate of drug-likeness (QED) is 0.793. The molecule has 110 valence electrons. The Bertz CT molecular complexity index is 430. The number of hydrogen-bond donors (Lipinski definition) is 2. The molecular formula is C15H23N3O2. The Morgan fingerprint density at radius 3 is 2.30 bits per heavy atom. The number of carbonyl (C=O) groups is 2. The van der Waals surface area contributed by atoms with Gasteiger partial charge in [0.2, 0.25) is 11.8 Å². The summed E-state index contributed by atoms with van der Waals surface area (Å²) in [6, 6.07) is 8.88. The highest BCUT2D eigenvalue weighted by Crippen LogP contribution is 2.04. The van der Waals surface area contributed by atoms with Gasteiger partial charge in [-0.1, -0.05) is 18.2 Å². The average Bonchev–Trinajstić information content (AvgIpc) is 2.47. The van der Waals surface area contributed by atoms with E-state index >= 15 is 0 Å².